The fourth-order valence-corrected chi connectivity index (χ4v) is 2.83. The van der Waals surface area contributed by atoms with E-state index in [4.69, 9.17) is 4.74 Å². The normalized spacial score (nSPS) is 23.9. The van der Waals surface area contributed by atoms with Gasteiger partial charge in [-0.1, -0.05) is 32.0 Å². The van der Waals surface area contributed by atoms with Gasteiger partial charge < -0.3 is 15.4 Å². The number of hydrogen-bond acceptors (Lipinski definition) is 4. The number of rotatable bonds is 5. The molecule has 1 fully saturated rings. The number of hydrogen-bond donors (Lipinski definition) is 2. The van der Waals surface area contributed by atoms with Gasteiger partial charge in [0.2, 0.25) is 0 Å². The third-order valence-corrected chi connectivity index (χ3v) is 4.10. The van der Waals surface area contributed by atoms with Gasteiger partial charge in [-0.15, -0.1) is 0 Å². The van der Waals surface area contributed by atoms with Gasteiger partial charge in [0.1, 0.15) is 17.7 Å². The van der Waals surface area contributed by atoms with Crippen molar-refractivity contribution >= 4 is 11.5 Å². The highest BCUT2D eigenvalue weighted by Crippen LogP contribution is 2.31. The number of para-hydroxylation sites is 2. The molecule has 0 bridgehead atoms. The number of aromatic nitrogens is 1. The van der Waals surface area contributed by atoms with Gasteiger partial charge in [-0.25, -0.2) is 4.98 Å². The van der Waals surface area contributed by atoms with Crippen LogP contribution in [0.25, 0.3) is 0 Å². The smallest absolute Gasteiger partial charge is 0.143 e. The average molecular weight is 297 g/mol. The molecule has 3 rings (SSSR count). The Bertz CT molecular complexity index is 615. The fraction of sp³-hybridized carbons (Fsp3) is 0.389. The van der Waals surface area contributed by atoms with E-state index in [1.807, 2.05) is 42.5 Å². The van der Waals surface area contributed by atoms with Crippen LogP contribution in [-0.2, 0) is 0 Å². The standard InChI is InChI=1S/C18H23N3O/c1-12(2)17-18(13(3)20-17)22-15-9-5-4-8-14(15)21-16-10-6-7-11-19-16/h4-13,17-18,20H,1-3H3,(H,19,21). The predicted octanol–water partition coefficient (Wildman–Crippen LogP) is 3.59. The zero-order valence-electron chi connectivity index (χ0n) is 13.3. The van der Waals surface area contributed by atoms with Crippen molar-refractivity contribution in [3.63, 3.8) is 0 Å². The van der Waals surface area contributed by atoms with Gasteiger partial charge in [0, 0.05) is 18.3 Å². The van der Waals surface area contributed by atoms with E-state index in [1.54, 1.807) is 6.20 Å². The summed E-state index contributed by atoms with van der Waals surface area (Å²) >= 11 is 0. The molecule has 2 aromatic rings. The van der Waals surface area contributed by atoms with Crippen molar-refractivity contribution in [3.05, 3.63) is 48.7 Å². The third kappa shape index (κ3) is 3.07. The minimum atomic E-state index is 0.201. The molecule has 2 N–H and O–H groups in total. The van der Waals surface area contributed by atoms with E-state index in [0.717, 1.165) is 17.3 Å². The second kappa shape index (κ2) is 6.36. The molecule has 3 atom stereocenters. The Balaban J connectivity index is 1.77. The van der Waals surface area contributed by atoms with E-state index in [-0.39, 0.29) is 6.10 Å². The second-order valence-electron chi connectivity index (χ2n) is 6.14. The molecular weight excluding hydrogens is 274 g/mol. The molecule has 116 valence electrons. The fourth-order valence-electron chi connectivity index (χ4n) is 2.83. The van der Waals surface area contributed by atoms with E-state index in [1.165, 1.54) is 0 Å². The summed E-state index contributed by atoms with van der Waals surface area (Å²) in [5.74, 6) is 2.24. The van der Waals surface area contributed by atoms with Crippen LogP contribution in [0.2, 0.25) is 0 Å². The van der Waals surface area contributed by atoms with Crippen LogP contribution in [0, 0.1) is 5.92 Å². The zero-order chi connectivity index (χ0) is 15.5. The minimum absolute atomic E-state index is 0.201. The molecule has 0 radical (unpaired) electrons. The molecule has 0 amide bonds. The van der Waals surface area contributed by atoms with Crippen molar-refractivity contribution in [3.8, 4) is 5.75 Å². The summed E-state index contributed by atoms with van der Waals surface area (Å²) in [7, 11) is 0. The number of benzene rings is 1. The van der Waals surface area contributed by atoms with Crippen molar-refractivity contribution < 1.29 is 4.74 Å². The lowest BCUT2D eigenvalue weighted by molar-refractivity contribution is 0.0169. The average Bonchev–Trinajstić information content (AvgIpc) is 2.52. The molecule has 22 heavy (non-hydrogen) atoms. The molecule has 0 aliphatic carbocycles. The number of pyridine rings is 1. The maximum absolute atomic E-state index is 6.29. The summed E-state index contributed by atoms with van der Waals surface area (Å²) in [5, 5.41) is 6.85. The van der Waals surface area contributed by atoms with E-state index >= 15 is 0 Å². The van der Waals surface area contributed by atoms with Crippen LogP contribution in [0.5, 0.6) is 5.75 Å². The number of anilines is 2. The predicted molar refractivity (Wildman–Crippen MR) is 89.6 cm³/mol. The molecule has 4 nitrogen and oxygen atoms in total. The van der Waals surface area contributed by atoms with Crippen molar-refractivity contribution in [2.45, 2.75) is 39.0 Å². The van der Waals surface area contributed by atoms with E-state index in [2.05, 4.69) is 36.4 Å². The Morgan fingerprint density at radius 1 is 1.14 bits per heavy atom. The lowest BCUT2D eigenvalue weighted by Crippen LogP contribution is -2.68. The Morgan fingerprint density at radius 3 is 2.59 bits per heavy atom. The first kappa shape index (κ1) is 14.9. The van der Waals surface area contributed by atoms with Gasteiger partial charge in [-0.05, 0) is 37.1 Å². The molecule has 1 aliphatic rings. The van der Waals surface area contributed by atoms with Crippen LogP contribution in [0.1, 0.15) is 20.8 Å². The largest absolute Gasteiger partial charge is 0.485 e. The van der Waals surface area contributed by atoms with E-state index in [0.29, 0.717) is 18.0 Å². The highest BCUT2D eigenvalue weighted by Gasteiger charge is 2.41. The maximum Gasteiger partial charge on any atom is 0.143 e. The first-order valence-corrected chi connectivity index (χ1v) is 7.85. The van der Waals surface area contributed by atoms with Gasteiger partial charge >= 0.3 is 0 Å². The van der Waals surface area contributed by atoms with Crippen molar-refractivity contribution in [1.82, 2.24) is 10.3 Å². The Morgan fingerprint density at radius 2 is 1.91 bits per heavy atom. The molecule has 2 heterocycles. The Labute approximate surface area is 131 Å². The molecule has 1 aliphatic heterocycles. The van der Waals surface area contributed by atoms with Gasteiger partial charge in [0.15, 0.2) is 0 Å². The van der Waals surface area contributed by atoms with Gasteiger partial charge in [0.05, 0.1) is 5.69 Å². The van der Waals surface area contributed by atoms with Gasteiger partial charge in [0.25, 0.3) is 0 Å². The lowest BCUT2D eigenvalue weighted by atomic mass is 9.86. The van der Waals surface area contributed by atoms with E-state index in [9.17, 15) is 0 Å². The van der Waals surface area contributed by atoms with Crippen LogP contribution >= 0.6 is 0 Å². The first-order valence-electron chi connectivity index (χ1n) is 7.85. The first-order chi connectivity index (χ1) is 10.6. The summed E-state index contributed by atoms with van der Waals surface area (Å²) in [6, 6.07) is 14.6. The number of ether oxygens (including phenoxy) is 1. The summed E-state index contributed by atoms with van der Waals surface area (Å²) in [5.41, 5.74) is 0.947. The van der Waals surface area contributed by atoms with Crippen LogP contribution in [0.4, 0.5) is 11.5 Å². The number of nitrogens with zero attached hydrogens (tertiary/aromatic N) is 1. The second-order valence-corrected chi connectivity index (χ2v) is 6.14. The quantitative estimate of drug-likeness (QED) is 0.885. The lowest BCUT2D eigenvalue weighted by Gasteiger charge is -2.46. The van der Waals surface area contributed by atoms with Gasteiger partial charge in [-0.3, -0.25) is 0 Å². The summed E-state index contributed by atoms with van der Waals surface area (Å²) in [6.45, 7) is 6.61. The highest BCUT2D eigenvalue weighted by molar-refractivity contribution is 5.63. The highest BCUT2D eigenvalue weighted by atomic mass is 16.5. The minimum Gasteiger partial charge on any atom is -0.485 e. The Kier molecular flexibility index (Phi) is 4.29. The monoisotopic (exact) mass is 297 g/mol. The topological polar surface area (TPSA) is 46.2 Å². The van der Waals surface area contributed by atoms with Crippen LogP contribution in [0.15, 0.2) is 48.7 Å². The Hall–Kier alpha value is -2.07. The SMILES string of the molecule is CC(C)C1NC(C)C1Oc1ccccc1Nc1ccccn1. The summed E-state index contributed by atoms with van der Waals surface area (Å²) in [4.78, 5) is 4.31. The van der Waals surface area contributed by atoms with Crippen molar-refractivity contribution in [1.29, 1.82) is 0 Å². The van der Waals surface area contributed by atoms with E-state index < -0.39 is 0 Å². The molecule has 1 aromatic carbocycles. The van der Waals surface area contributed by atoms with Gasteiger partial charge in [-0.2, -0.15) is 0 Å². The van der Waals surface area contributed by atoms with Crippen LogP contribution < -0.4 is 15.4 Å². The van der Waals surface area contributed by atoms with Crippen LogP contribution in [-0.4, -0.2) is 23.2 Å². The maximum atomic E-state index is 6.29. The summed E-state index contributed by atoms with van der Waals surface area (Å²) < 4.78 is 6.29. The molecule has 4 heteroatoms. The van der Waals surface area contributed by atoms with Crippen LogP contribution in [0.3, 0.4) is 0 Å². The summed E-state index contributed by atoms with van der Waals surface area (Å²) in [6.07, 6.45) is 1.98. The molecule has 0 spiro atoms. The molecule has 1 saturated heterocycles. The molecule has 1 aromatic heterocycles. The van der Waals surface area contributed by atoms with Crippen molar-refractivity contribution in [2.75, 3.05) is 5.32 Å². The number of nitrogens with one attached hydrogen (secondary N) is 2. The molecule has 3 unspecified atom stereocenters. The third-order valence-electron chi connectivity index (χ3n) is 4.10. The zero-order valence-corrected chi connectivity index (χ0v) is 13.3. The van der Waals surface area contributed by atoms with Crippen molar-refractivity contribution in [2.24, 2.45) is 5.92 Å². The molecular formula is C18H23N3O. The molecule has 0 saturated carbocycles.